The fourth-order valence-corrected chi connectivity index (χ4v) is 3.10. The summed E-state index contributed by atoms with van der Waals surface area (Å²) in [5.41, 5.74) is -0.589. The molecule has 0 saturated carbocycles. The third-order valence-electron chi connectivity index (χ3n) is 3.36. The third-order valence-corrected chi connectivity index (χ3v) is 4.67. The van der Waals surface area contributed by atoms with Crippen LogP contribution in [-0.2, 0) is 10.9 Å². The van der Waals surface area contributed by atoms with Gasteiger partial charge in [-0.05, 0) is 40.0 Å². The van der Waals surface area contributed by atoms with Crippen molar-refractivity contribution in [3.8, 4) is 6.07 Å². The lowest BCUT2D eigenvalue weighted by molar-refractivity contribution is -0.141. The van der Waals surface area contributed by atoms with Crippen LogP contribution in [0.4, 0.5) is 13.2 Å². The van der Waals surface area contributed by atoms with E-state index in [1.807, 2.05) is 0 Å². The van der Waals surface area contributed by atoms with Gasteiger partial charge in [-0.3, -0.25) is 0 Å². The number of nitrogens with zero attached hydrogens (tertiary/aromatic N) is 1. The Morgan fingerprint density at radius 2 is 1.92 bits per heavy atom. The van der Waals surface area contributed by atoms with Crippen LogP contribution in [0.15, 0.2) is 28.7 Å². The van der Waals surface area contributed by atoms with Crippen molar-refractivity contribution in [2.24, 2.45) is 0 Å². The minimum Gasteiger partial charge on any atom is -0.367 e. The van der Waals surface area contributed by atoms with E-state index in [9.17, 15) is 18.4 Å². The SMILES string of the molecule is N#Cc1c(C(OCCCCl)c2ccc(Cl)cc2)[nH]c(C(F)(F)F)c1Br. The standard InChI is InChI=1S/C16H12BrCl2F3N2O/c17-12-11(8-23)13(24-15(12)16(20,21)22)14(25-7-1-6-18)9-2-4-10(19)5-3-9/h2-5,14,24H,1,6-7H2. The number of halogens is 6. The number of aromatic amines is 1. The van der Waals surface area contributed by atoms with Gasteiger partial charge in [-0.1, -0.05) is 23.7 Å². The normalized spacial score (nSPS) is 12.8. The van der Waals surface area contributed by atoms with Gasteiger partial charge in [0.05, 0.1) is 15.7 Å². The number of nitriles is 1. The molecule has 0 amide bonds. The Bertz CT molecular complexity index is 769. The second kappa shape index (κ2) is 8.45. The Kier molecular flexibility index (Phi) is 6.80. The maximum absolute atomic E-state index is 13.2. The summed E-state index contributed by atoms with van der Waals surface area (Å²) in [6.45, 7) is 0.222. The van der Waals surface area contributed by atoms with Gasteiger partial charge in [0.25, 0.3) is 0 Å². The number of alkyl halides is 4. The minimum atomic E-state index is -4.64. The molecule has 3 nitrogen and oxygen atoms in total. The first-order valence-corrected chi connectivity index (χ1v) is 8.81. The first-order valence-electron chi connectivity index (χ1n) is 7.11. The molecule has 1 atom stereocenters. The van der Waals surface area contributed by atoms with E-state index in [2.05, 4.69) is 20.9 Å². The molecule has 0 spiro atoms. The Morgan fingerprint density at radius 1 is 1.28 bits per heavy atom. The summed E-state index contributed by atoms with van der Waals surface area (Å²) >= 11 is 14.4. The van der Waals surface area contributed by atoms with Gasteiger partial charge >= 0.3 is 6.18 Å². The Labute approximate surface area is 160 Å². The summed E-state index contributed by atoms with van der Waals surface area (Å²) in [7, 11) is 0. The van der Waals surface area contributed by atoms with Crippen molar-refractivity contribution in [1.29, 1.82) is 5.26 Å². The Morgan fingerprint density at radius 3 is 2.44 bits per heavy atom. The molecule has 0 aliphatic heterocycles. The van der Waals surface area contributed by atoms with Crippen molar-refractivity contribution in [3.63, 3.8) is 0 Å². The van der Waals surface area contributed by atoms with Crippen LogP contribution in [0.1, 0.15) is 35.0 Å². The van der Waals surface area contributed by atoms with Crippen molar-refractivity contribution < 1.29 is 17.9 Å². The van der Waals surface area contributed by atoms with Crippen molar-refractivity contribution in [1.82, 2.24) is 4.98 Å². The van der Waals surface area contributed by atoms with E-state index in [0.29, 0.717) is 22.9 Å². The average molecular weight is 456 g/mol. The topological polar surface area (TPSA) is 48.8 Å². The second-order valence-corrected chi connectivity index (χ2v) is 6.66. The summed E-state index contributed by atoms with van der Waals surface area (Å²) in [6, 6.07) is 8.27. The van der Waals surface area contributed by atoms with Crippen LogP contribution in [0, 0.1) is 11.3 Å². The van der Waals surface area contributed by atoms with Crippen molar-refractivity contribution >= 4 is 39.1 Å². The monoisotopic (exact) mass is 454 g/mol. The maximum atomic E-state index is 13.2. The fraction of sp³-hybridized carbons (Fsp3) is 0.312. The molecule has 9 heteroatoms. The molecule has 0 bridgehead atoms. The highest BCUT2D eigenvalue weighted by Crippen LogP contribution is 2.40. The van der Waals surface area contributed by atoms with E-state index in [1.54, 1.807) is 30.3 Å². The van der Waals surface area contributed by atoms with Gasteiger partial charge in [-0.15, -0.1) is 11.6 Å². The fourth-order valence-electron chi connectivity index (χ4n) is 2.24. The van der Waals surface area contributed by atoms with Crippen LogP contribution >= 0.6 is 39.1 Å². The van der Waals surface area contributed by atoms with Crippen LogP contribution in [-0.4, -0.2) is 17.5 Å². The van der Waals surface area contributed by atoms with Gasteiger partial charge in [0.15, 0.2) is 0 Å². The number of aromatic nitrogens is 1. The zero-order valence-electron chi connectivity index (χ0n) is 12.6. The highest BCUT2D eigenvalue weighted by molar-refractivity contribution is 9.10. The number of rotatable bonds is 6. The molecule has 1 unspecified atom stereocenters. The smallest absolute Gasteiger partial charge is 0.367 e. The van der Waals surface area contributed by atoms with Gasteiger partial charge < -0.3 is 9.72 Å². The van der Waals surface area contributed by atoms with Gasteiger partial charge in [-0.2, -0.15) is 18.4 Å². The molecule has 1 heterocycles. The van der Waals surface area contributed by atoms with Crippen molar-refractivity contribution in [2.45, 2.75) is 18.7 Å². The summed E-state index contributed by atoms with van der Waals surface area (Å²) < 4.78 is 44.9. The summed E-state index contributed by atoms with van der Waals surface area (Å²) in [6.07, 6.45) is -5.01. The predicted molar refractivity (Wildman–Crippen MR) is 92.8 cm³/mol. The van der Waals surface area contributed by atoms with E-state index < -0.39 is 18.0 Å². The number of hydrogen-bond acceptors (Lipinski definition) is 2. The molecule has 0 saturated heterocycles. The van der Waals surface area contributed by atoms with Gasteiger partial charge in [0, 0.05) is 17.5 Å². The highest BCUT2D eigenvalue weighted by Gasteiger charge is 2.38. The van der Waals surface area contributed by atoms with Crippen LogP contribution in [0.3, 0.4) is 0 Å². The van der Waals surface area contributed by atoms with E-state index in [0.717, 1.165) is 0 Å². The van der Waals surface area contributed by atoms with Crippen LogP contribution in [0.2, 0.25) is 5.02 Å². The molecule has 25 heavy (non-hydrogen) atoms. The van der Waals surface area contributed by atoms with Crippen LogP contribution in [0.25, 0.3) is 0 Å². The quantitative estimate of drug-likeness (QED) is 0.425. The zero-order valence-corrected chi connectivity index (χ0v) is 15.7. The molecule has 2 rings (SSSR count). The molecule has 2 aromatic rings. The maximum Gasteiger partial charge on any atom is 0.432 e. The molecular weight excluding hydrogens is 444 g/mol. The molecule has 0 fully saturated rings. The van der Waals surface area contributed by atoms with E-state index in [4.69, 9.17) is 27.9 Å². The number of hydrogen-bond donors (Lipinski definition) is 1. The lowest BCUT2D eigenvalue weighted by Gasteiger charge is -2.18. The van der Waals surface area contributed by atoms with E-state index in [-0.39, 0.29) is 22.3 Å². The van der Waals surface area contributed by atoms with Gasteiger partial charge in [0.2, 0.25) is 0 Å². The molecule has 1 aromatic heterocycles. The summed E-state index contributed by atoms with van der Waals surface area (Å²) in [4.78, 5) is 2.30. The minimum absolute atomic E-state index is 0.0265. The van der Waals surface area contributed by atoms with Crippen LogP contribution in [0.5, 0.6) is 0 Å². The molecule has 0 radical (unpaired) electrons. The molecule has 0 aliphatic carbocycles. The molecule has 1 aromatic carbocycles. The lowest BCUT2D eigenvalue weighted by atomic mass is 10.0. The largest absolute Gasteiger partial charge is 0.432 e. The molecular formula is C16H12BrCl2F3N2O. The summed E-state index contributed by atoms with van der Waals surface area (Å²) in [5.74, 6) is 0.348. The first-order chi connectivity index (χ1) is 11.8. The number of nitrogens with one attached hydrogen (secondary N) is 1. The van der Waals surface area contributed by atoms with Crippen molar-refractivity contribution in [3.05, 3.63) is 56.3 Å². The highest BCUT2D eigenvalue weighted by atomic mass is 79.9. The lowest BCUT2D eigenvalue weighted by Crippen LogP contribution is -2.11. The van der Waals surface area contributed by atoms with Crippen molar-refractivity contribution in [2.75, 3.05) is 12.5 Å². The molecule has 134 valence electrons. The Balaban J connectivity index is 2.53. The first kappa shape index (κ1) is 20.1. The van der Waals surface area contributed by atoms with E-state index in [1.165, 1.54) is 0 Å². The molecule has 1 N–H and O–H groups in total. The number of H-pyrrole nitrogens is 1. The second-order valence-electron chi connectivity index (χ2n) is 5.06. The summed E-state index contributed by atoms with van der Waals surface area (Å²) in [5, 5.41) is 9.80. The van der Waals surface area contributed by atoms with E-state index >= 15 is 0 Å². The predicted octanol–water partition coefficient (Wildman–Crippen LogP) is 6.06. The number of ether oxygens (including phenoxy) is 1. The Hall–Kier alpha value is -1.20. The van der Waals surface area contributed by atoms with Gasteiger partial charge in [0.1, 0.15) is 17.9 Å². The third kappa shape index (κ3) is 4.70. The number of benzene rings is 1. The zero-order chi connectivity index (χ0) is 18.6. The average Bonchev–Trinajstić information content (AvgIpc) is 2.89. The molecule has 0 aliphatic rings. The van der Waals surface area contributed by atoms with Gasteiger partial charge in [-0.25, -0.2) is 0 Å². The van der Waals surface area contributed by atoms with Crippen LogP contribution < -0.4 is 0 Å².